The minimum atomic E-state index is -1.15. The van der Waals surface area contributed by atoms with Crippen LogP contribution < -0.4 is 15.6 Å². The number of carbonyl (C=O) groups is 1. The summed E-state index contributed by atoms with van der Waals surface area (Å²) >= 11 is 0. The van der Waals surface area contributed by atoms with E-state index in [0.717, 1.165) is 5.56 Å². The predicted octanol–water partition coefficient (Wildman–Crippen LogP) is 2.48. The molecule has 1 atom stereocenters. The van der Waals surface area contributed by atoms with Crippen LogP contribution in [0, 0.1) is 18.3 Å². The number of carboxylic acids is 1. The number of H-pyrrole nitrogens is 1. The van der Waals surface area contributed by atoms with E-state index in [-0.39, 0.29) is 16.7 Å². The van der Waals surface area contributed by atoms with Gasteiger partial charge in [-0.3, -0.25) is 4.79 Å². The SMILES string of the molecule is COc1ccc([C@@H]2C(C(=O)O)=C(C)Nc3c(C)c[nH]c(=O)c32)c(C#N)c1. The second kappa shape index (κ2) is 6.41. The second-order valence-electron chi connectivity index (χ2n) is 6.06. The maximum atomic E-state index is 12.6. The van der Waals surface area contributed by atoms with E-state index < -0.39 is 17.4 Å². The summed E-state index contributed by atoms with van der Waals surface area (Å²) in [7, 11) is 1.48. The van der Waals surface area contributed by atoms with E-state index in [9.17, 15) is 20.0 Å². The highest BCUT2D eigenvalue weighted by molar-refractivity contribution is 5.93. The number of ether oxygens (including phenoxy) is 1. The number of pyridine rings is 1. The summed E-state index contributed by atoms with van der Waals surface area (Å²) in [4.78, 5) is 27.2. The normalized spacial score (nSPS) is 15.7. The van der Waals surface area contributed by atoms with Crippen molar-refractivity contribution in [3.05, 3.63) is 68.3 Å². The van der Waals surface area contributed by atoms with E-state index >= 15 is 0 Å². The van der Waals surface area contributed by atoms with Crippen molar-refractivity contribution < 1.29 is 14.6 Å². The molecule has 2 aromatic rings. The van der Waals surface area contributed by atoms with E-state index in [1.165, 1.54) is 13.2 Å². The Morgan fingerprint density at radius 1 is 1.35 bits per heavy atom. The van der Waals surface area contributed by atoms with Crippen LogP contribution in [-0.2, 0) is 4.79 Å². The molecule has 7 heteroatoms. The number of anilines is 1. The first kappa shape index (κ1) is 17.3. The third kappa shape index (κ3) is 2.62. The number of methoxy groups -OCH3 is 1. The number of allylic oxidation sites excluding steroid dienone is 1. The highest BCUT2D eigenvalue weighted by Gasteiger charge is 2.36. The molecule has 3 rings (SSSR count). The molecule has 3 N–H and O–H groups in total. The Balaban J connectivity index is 2.39. The molecule has 26 heavy (non-hydrogen) atoms. The highest BCUT2D eigenvalue weighted by atomic mass is 16.5. The van der Waals surface area contributed by atoms with Gasteiger partial charge >= 0.3 is 5.97 Å². The molecule has 2 heterocycles. The number of carboxylic acid groups (broad SMARTS) is 1. The maximum Gasteiger partial charge on any atom is 0.334 e. The van der Waals surface area contributed by atoms with Crippen LogP contribution in [0.25, 0.3) is 0 Å². The Bertz CT molecular complexity index is 1040. The number of aromatic amines is 1. The highest BCUT2D eigenvalue weighted by Crippen LogP contribution is 2.42. The van der Waals surface area contributed by atoms with Crippen LogP contribution in [-0.4, -0.2) is 23.2 Å². The van der Waals surface area contributed by atoms with Crippen LogP contribution in [0.2, 0.25) is 0 Å². The van der Waals surface area contributed by atoms with Crippen LogP contribution in [0.15, 0.2) is 40.5 Å². The molecule has 0 bridgehead atoms. The summed E-state index contributed by atoms with van der Waals surface area (Å²) in [5.41, 5.74) is 2.42. The molecule has 0 aliphatic carbocycles. The van der Waals surface area contributed by atoms with Crippen molar-refractivity contribution in [3.8, 4) is 11.8 Å². The van der Waals surface area contributed by atoms with Gasteiger partial charge in [-0.15, -0.1) is 0 Å². The third-order valence-corrected chi connectivity index (χ3v) is 4.54. The van der Waals surface area contributed by atoms with Gasteiger partial charge in [0.25, 0.3) is 5.56 Å². The van der Waals surface area contributed by atoms with E-state index in [1.54, 1.807) is 25.3 Å². The minimum Gasteiger partial charge on any atom is -0.497 e. The Morgan fingerprint density at radius 3 is 2.69 bits per heavy atom. The predicted molar refractivity (Wildman–Crippen MR) is 95.3 cm³/mol. The number of benzene rings is 1. The summed E-state index contributed by atoms with van der Waals surface area (Å²) < 4.78 is 5.15. The number of hydrogen-bond acceptors (Lipinski definition) is 5. The van der Waals surface area contributed by atoms with Crippen molar-refractivity contribution in [2.45, 2.75) is 19.8 Å². The van der Waals surface area contributed by atoms with Crippen LogP contribution in [0.5, 0.6) is 5.75 Å². The smallest absolute Gasteiger partial charge is 0.334 e. The van der Waals surface area contributed by atoms with Gasteiger partial charge in [0, 0.05) is 11.9 Å². The zero-order valence-electron chi connectivity index (χ0n) is 14.5. The van der Waals surface area contributed by atoms with Crippen molar-refractivity contribution in [2.75, 3.05) is 12.4 Å². The second-order valence-corrected chi connectivity index (χ2v) is 6.06. The van der Waals surface area contributed by atoms with Crippen molar-refractivity contribution in [2.24, 2.45) is 0 Å². The Hall–Kier alpha value is -3.53. The molecule has 1 aliphatic rings. The zero-order valence-corrected chi connectivity index (χ0v) is 14.5. The molecule has 0 saturated carbocycles. The molecule has 0 amide bonds. The fourth-order valence-corrected chi connectivity index (χ4v) is 3.31. The summed E-state index contributed by atoms with van der Waals surface area (Å²) in [5, 5.41) is 22.4. The molecule has 0 radical (unpaired) electrons. The lowest BCUT2D eigenvalue weighted by molar-refractivity contribution is -0.133. The van der Waals surface area contributed by atoms with Crippen LogP contribution >= 0.6 is 0 Å². The van der Waals surface area contributed by atoms with Crippen molar-refractivity contribution in [1.29, 1.82) is 5.26 Å². The average molecular weight is 351 g/mol. The first-order valence-corrected chi connectivity index (χ1v) is 7.90. The molecule has 0 saturated heterocycles. The number of rotatable bonds is 3. The standard InChI is InChI=1S/C19H17N3O4/c1-9-8-21-18(23)16-15(14(19(24)25)10(2)22-17(9)16)13-5-4-12(26-3)6-11(13)7-20/h4-6,8,15,22H,1-3H3,(H,21,23)(H,24,25)/t15-/m1/s1. The number of aromatic nitrogens is 1. The maximum absolute atomic E-state index is 12.6. The average Bonchev–Trinajstić information content (AvgIpc) is 2.63. The number of hydrogen-bond donors (Lipinski definition) is 3. The molecule has 0 fully saturated rings. The molecule has 7 nitrogen and oxygen atoms in total. The van der Waals surface area contributed by atoms with Gasteiger partial charge in [-0.2, -0.15) is 5.26 Å². The van der Waals surface area contributed by atoms with E-state index in [4.69, 9.17) is 4.74 Å². The molecule has 1 aromatic carbocycles. The van der Waals surface area contributed by atoms with E-state index in [0.29, 0.717) is 22.7 Å². The number of aliphatic carboxylic acids is 1. The first-order valence-electron chi connectivity index (χ1n) is 7.90. The third-order valence-electron chi connectivity index (χ3n) is 4.54. The van der Waals surface area contributed by atoms with Crippen LogP contribution in [0.4, 0.5) is 5.69 Å². The largest absolute Gasteiger partial charge is 0.497 e. The van der Waals surface area contributed by atoms with Gasteiger partial charge < -0.3 is 20.1 Å². The molecule has 1 aromatic heterocycles. The van der Waals surface area contributed by atoms with Crippen molar-refractivity contribution in [3.63, 3.8) is 0 Å². The lowest BCUT2D eigenvalue weighted by atomic mass is 9.79. The Morgan fingerprint density at radius 2 is 2.08 bits per heavy atom. The fourth-order valence-electron chi connectivity index (χ4n) is 3.31. The van der Waals surface area contributed by atoms with Crippen molar-refractivity contribution in [1.82, 2.24) is 4.98 Å². The quantitative estimate of drug-likeness (QED) is 0.782. The van der Waals surface area contributed by atoms with Gasteiger partial charge in [0.15, 0.2) is 0 Å². The van der Waals surface area contributed by atoms with Crippen LogP contribution in [0.3, 0.4) is 0 Å². The number of nitrogens with zero attached hydrogens (tertiary/aromatic N) is 1. The monoisotopic (exact) mass is 351 g/mol. The van der Waals surface area contributed by atoms with Gasteiger partial charge in [0.05, 0.1) is 41.5 Å². The summed E-state index contributed by atoms with van der Waals surface area (Å²) in [5.74, 6) is -1.53. The number of nitrogens with one attached hydrogen (secondary N) is 2. The molecular weight excluding hydrogens is 334 g/mol. The first-order chi connectivity index (χ1) is 12.4. The fraction of sp³-hybridized carbons (Fsp3) is 0.211. The topological polar surface area (TPSA) is 115 Å². The molecule has 0 unspecified atom stereocenters. The van der Waals surface area contributed by atoms with Crippen molar-refractivity contribution >= 4 is 11.7 Å². The number of fused-ring (bicyclic) bond motifs is 1. The van der Waals surface area contributed by atoms with Gasteiger partial charge in [-0.25, -0.2) is 4.79 Å². The lowest BCUT2D eigenvalue weighted by Gasteiger charge is -2.30. The lowest BCUT2D eigenvalue weighted by Crippen LogP contribution is -2.30. The summed E-state index contributed by atoms with van der Waals surface area (Å²) in [6, 6.07) is 6.90. The molecule has 0 spiro atoms. The zero-order chi connectivity index (χ0) is 19.0. The molecule has 1 aliphatic heterocycles. The number of nitriles is 1. The Labute approximate surface area is 149 Å². The summed E-state index contributed by atoms with van der Waals surface area (Å²) in [6.45, 7) is 3.46. The number of aryl methyl sites for hydroxylation is 1. The van der Waals surface area contributed by atoms with Gasteiger partial charge in [0.2, 0.25) is 0 Å². The molecular formula is C19H17N3O4. The summed E-state index contributed by atoms with van der Waals surface area (Å²) in [6.07, 6.45) is 1.57. The Kier molecular flexibility index (Phi) is 4.26. The van der Waals surface area contributed by atoms with Crippen LogP contribution in [0.1, 0.15) is 35.1 Å². The van der Waals surface area contributed by atoms with Gasteiger partial charge in [-0.05, 0) is 37.1 Å². The van der Waals surface area contributed by atoms with Gasteiger partial charge in [0.1, 0.15) is 5.75 Å². The van der Waals surface area contributed by atoms with Gasteiger partial charge in [-0.1, -0.05) is 6.07 Å². The van der Waals surface area contributed by atoms with E-state index in [1.807, 2.05) is 6.92 Å². The minimum absolute atomic E-state index is 0.0373. The van der Waals surface area contributed by atoms with E-state index in [2.05, 4.69) is 16.4 Å². The molecule has 132 valence electrons.